The minimum atomic E-state index is -1.25. The van der Waals surface area contributed by atoms with Gasteiger partial charge in [0.2, 0.25) is 0 Å². The molecule has 0 aliphatic rings. The average Bonchev–Trinajstić information content (AvgIpc) is 2.11. The number of nitrogens with two attached hydrogens (primary N) is 1. The quantitative estimate of drug-likeness (QED) is 0.542. The van der Waals surface area contributed by atoms with Crippen molar-refractivity contribution in [3.63, 3.8) is 0 Å². The summed E-state index contributed by atoms with van der Waals surface area (Å²) in [4.78, 5) is 0. The Bertz CT molecular complexity index is 364. The fourth-order valence-electron chi connectivity index (χ4n) is 0.997. The molecule has 3 nitrogen and oxygen atoms in total. The summed E-state index contributed by atoms with van der Waals surface area (Å²) in [5.41, 5.74) is 5.93. The van der Waals surface area contributed by atoms with E-state index in [2.05, 4.69) is 0 Å². The Balaban J connectivity index is 3.13. The van der Waals surface area contributed by atoms with E-state index in [0.717, 1.165) is 6.26 Å². The lowest BCUT2D eigenvalue weighted by molar-refractivity contribution is 0.238. The van der Waals surface area contributed by atoms with Gasteiger partial charge >= 0.3 is 0 Å². The molecule has 0 amide bonds. The molecule has 4 N–H and O–H groups in total. The van der Waals surface area contributed by atoms with Crippen LogP contribution in [0.2, 0.25) is 10.0 Å². The summed E-state index contributed by atoms with van der Waals surface area (Å²) in [6.45, 7) is 0. The van der Waals surface area contributed by atoms with Gasteiger partial charge in [0, 0.05) is 5.57 Å². The van der Waals surface area contributed by atoms with Crippen molar-refractivity contribution in [2.45, 2.75) is 6.23 Å². The largest absolute Gasteiger partial charge is 0.515 e. The van der Waals surface area contributed by atoms with Crippen molar-refractivity contribution in [1.29, 1.82) is 0 Å². The zero-order chi connectivity index (χ0) is 10.7. The molecule has 5 heteroatoms. The molecule has 1 rings (SSSR count). The Kier molecular flexibility index (Phi) is 3.77. The molecule has 0 spiro atoms. The Labute approximate surface area is 91.4 Å². The van der Waals surface area contributed by atoms with Crippen molar-refractivity contribution < 1.29 is 10.2 Å². The van der Waals surface area contributed by atoms with Crippen LogP contribution in [0.25, 0.3) is 5.57 Å². The van der Waals surface area contributed by atoms with Gasteiger partial charge in [-0.3, -0.25) is 0 Å². The molecule has 76 valence electrons. The van der Waals surface area contributed by atoms with Gasteiger partial charge in [-0.15, -0.1) is 0 Å². The molecule has 0 radical (unpaired) electrons. The number of hydrogen-bond acceptors (Lipinski definition) is 3. The smallest absolute Gasteiger partial charge is 0.132 e. The average molecular weight is 234 g/mol. The van der Waals surface area contributed by atoms with Crippen molar-refractivity contribution in [2.24, 2.45) is 5.73 Å². The van der Waals surface area contributed by atoms with Crippen molar-refractivity contribution in [2.75, 3.05) is 0 Å². The molecule has 0 saturated heterocycles. The second-order valence-corrected chi connectivity index (χ2v) is 3.47. The normalized spacial score (nSPS) is 14.1. The molecule has 0 unspecified atom stereocenters. The lowest BCUT2D eigenvalue weighted by atomic mass is 10.1. The van der Waals surface area contributed by atoms with E-state index in [1.165, 1.54) is 6.07 Å². The summed E-state index contributed by atoms with van der Waals surface area (Å²) < 4.78 is 0. The van der Waals surface area contributed by atoms with E-state index in [-0.39, 0.29) is 5.57 Å². The topological polar surface area (TPSA) is 66.5 Å². The summed E-state index contributed by atoms with van der Waals surface area (Å²) in [5, 5.41) is 18.7. The highest BCUT2D eigenvalue weighted by Gasteiger charge is 2.10. The number of aliphatic hydroxyl groups excluding tert-OH is 2. The number of aliphatic hydroxyl groups is 2. The number of rotatable bonds is 2. The summed E-state index contributed by atoms with van der Waals surface area (Å²) >= 11 is 11.5. The van der Waals surface area contributed by atoms with Gasteiger partial charge < -0.3 is 15.9 Å². The van der Waals surface area contributed by atoms with E-state index >= 15 is 0 Å². The molecular weight excluding hydrogens is 225 g/mol. The predicted molar refractivity (Wildman–Crippen MR) is 57.3 cm³/mol. The van der Waals surface area contributed by atoms with Gasteiger partial charge in [0.1, 0.15) is 6.23 Å². The summed E-state index contributed by atoms with van der Waals surface area (Å²) in [7, 11) is 0. The highest BCUT2D eigenvalue weighted by atomic mass is 35.5. The third-order valence-corrected chi connectivity index (χ3v) is 2.45. The Morgan fingerprint density at radius 1 is 1.36 bits per heavy atom. The molecule has 0 saturated carbocycles. The van der Waals surface area contributed by atoms with Crippen LogP contribution >= 0.6 is 23.2 Å². The van der Waals surface area contributed by atoms with Crippen molar-refractivity contribution in [1.82, 2.24) is 0 Å². The maximum Gasteiger partial charge on any atom is 0.132 e. The minimum absolute atomic E-state index is 0.184. The first kappa shape index (κ1) is 11.3. The zero-order valence-electron chi connectivity index (χ0n) is 7.11. The first-order valence-electron chi connectivity index (χ1n) is 3.79. The second-order valence-electron chi connectivity index (χ2n) is 2.66. The maximum atomic E-state index is 9.10. The third-order valence-electron chi connectivity index (χ3n) is 1.71. The van der Waals surface area contributed by atoms with Crippen molar-refractivity contribution >= 4 is 28.8 Å². The monoisotopic (exact) mass is 233 g/mol. The Morgan fingerprint density at radius 3 is 2.43 bits per heavy atom. The van der Waals surface area contributed by atoms with E-state index in [4.69, 9.17) is 39.1 Å². The number of benzene rings is 1. The maximum absolute atomic E-state index is 9.10. The summed E-state index contributed by atoms with van der Waals surface area (Å²) in [6, 6.07) is 4.68. The van der Waals surface area contributed by atoms with E-state index in [0.29, 0.717) is 15.6 Å². The van der Waals surface area contributed by atoms with Crippen LogP contribution in [0.3, 0.4) is 0 Å². The molecule has 0 bridgehead atoms. The highest BCUT2D eigenvalue weighted by molar-refractivity contribution is 6.42. The molecule has 1 atom stereocenters. The molecule has 14 heavy (non-hydrogen) atoms. The van der Waals surface area contributed by atoms with Crippen LogP contribution in [-0.4, -0.2) is 16.4 Å². The first-order chi connectivity index (χ1) is 6.56. The van der Waals surface area contributed by atoms with Crippen LogP contribution in [0, 0.1) is 0 Å². The molecule has 0 fully saturated rings. The van der Waals surface area contributed by atoms with Gasteiger partial charge in [-0.05, 0) is 17.7 Å². The zero-order valence-corrected chi connectivity index (χ0v) is 8.63. The van der Waals surface area contributed by atoms with Crippen LogP contribution in [0.15, 0.2) is 24.5 Å². The van der Waals surface area contributed by atoms with E-state index in [9.17, 15) is 0 Å². The first-order valence-corrected chi connectivity index (χ1v) is 4.55. The highest BCUT2D eigenvalue weighted by Crippen LogP contribution is 2.26. The molecule has 0 aliphatic heterocycles. The fourth-order valence-corrected chi connectivity index (χ4v) is 1.30. The lowest BCUT2D eigenvalue weighted by Crippen LogP contribution is -2.20. The van der Waals surface area contributed by atoms with Gasteiger partial charge in [-0.2, -0.15) is 0 Å². The van der Waals surface area contributed by atoms with E-state index in [1.54, 1.807) is 12.1 Å². The van der Waals surface area contributed by atoms with Crippen LogP contribution in [-0.2, 0) is 0 Å². The fraction of sp³-hybridized carbons (Fsp3) is 0.111. The molecule has 0 aromatic heterocycles. The summed E-state index contributed by atoms with van der Waals surface area (Å²) in [5.74, 6) is 0. The third kappa shape index (κ3) is 2.39. The SMILES string of the molecule is N[C@H](O)/C(=C/O)c1ccc(Cl)c(Cl)c1. The molecule has 1 aromatic rings. The van der Waals surface area contributed by atoms with Crippen molar-refractivity contribution in [3.05, 3.63) is 40.1 Å². The standard InChI is InChI=1S/C9H9Cl2NO2/c10-7-2-1-5(3-8(7)11)6(4-13)9(12)14/h1-4,9,13-14H,12H2/b6-4+/t9-/m1/s1. The van der Waals surface area contributed by atoms with Crippen LogP contribution < -0.4 is 5.73 Å². The van der Waals surface area contributed by atoms with Gasteiger partial charge in [-0.25, -0.2) is 0 Å². The minimum Gasteiger partial charge on any atom is -0.515 e. The van der Waals surface area contributed by atoms with Gasteiger partial charge in [0.05, 0.1) is 16.3 Å². The molecule has 0 heterocycles. The molecule has 0 aliphatic carbocycles. The predicted octanol–water partition coefficient (Wildman–Crippen LogP) is 2.17. The Hall–Kier alpha value is -0.740. The Morgan fingerprint density at radius 2 is 2.00 bits per heavy atom. The van der Waals surface area contributed by atoms with Gasteiger partial charge in [0.15, 0.2) is 0 Å². The molecular formula is C9H9Cl2NO2. The van der Waals surface area contributed by atoms with Crippen molar-refractivity contribution in [3.8, 4) is 0 Å². The lowest BCUT2D eigenvalue weighted by Gasteiger charge is -2.09. The van der Waals surface area contributed by atoms with Gasteiger partial charge in [-0.1, -0.05) is 29.3 Å². The molecule has 1 aromatic carbocycles. The van der Waals surface area contributed by atoms with E-state index in [1.807, 2.05) is 0 Å². The summed E-state index contributed by atoms with van der Waals surface area (Å²) in [6.07, 6.45) is -0.512. The second kappa shape index (κ2) is 4.66. The van der Waals surface area contributed by atoms with Crippen LogP contribution in [0.5, 0.6) is 0 Å². The van der Waals surface area contributed by atoms with Crippen LogP contribution in [0.1, 0.15) is 5.56 Å². The van der Waals surface area contributed by atoms with Crippen LogP contribution in [0.4, 0.5) is 0 Å². The van der Waals surface area contributed by atoms with E-state index < -0.39 is 6.23 Å². The number of halogens is 2. The number of hydrogen-bond donors (Lipinski definition) is 3. The van der Waals surface area contributed by atoms with Gasteiger partial charge in [0.25, 0.3) is 0 Å².